The molecular weight excluding hydrogens is 307 g/mol. The standard InChI is InChI=1S/C18H19FN4O/c19-14-1-2-16-15(11-14)21-18(24)17-12-22(9-10-23(16)17)8-5-13-3-6-20-7-4-13/h1-4,6-7,11,17H,5,8-10,12H2,(H,21,24). The first kappa shape index (κ1) is 15.1. The first-order valence-corrected chi connectivity index (χ1v) is 8.19. The summed E-state index contributed by atoms with van der Waals surface area (Å²) in [6, 6.07) is 8.42. The molecule has 1 unspecified atom stereocenters. The second kappa shape index (κ2) is 6.20. The molecule has 5 nitrogen and oxygen atoms in total. The Morgan fingerprint density at radius 2 is 2.04 bits per heavy atom. The van der Waals surface area contributed by atoms with Crippen molar-refractivity contribution in [2.45, 2.75) is 12.5 Å². The van der Waals surface area contributed by atoms with E-state index >= 15 is 0 Å². The minimum absolute atomic E-state index is 0.0540. The van der Waals surface area contributed by atoms with E-state index in [0.29, 0.717) is 12.2 Å². The minimum Gasteiger partial charge on any atom is -0.355 e. The van der Waals surface area contributed by atoms with E-state index in [1.54, 1.807) is 18.5 Å². The van der Waals surface area contributed by atoms with Crippen molar-refractivity contribution in [1.82, 2.24) is 9.88 Å². The molecule has 0 saturated carbocycles. The lowest BCUT2D eigenvalue weighted by molar-refractivity contribution is -0.118. The van der Waals surface area contributed by atoms with Crippen LogP contribution >= 0.6 is 0 Å². The molecule has 1 atom stereocenters. The fraction of sp³-hybridized carbons (Fsp3) is 0.333. The van der Waals surface area contributed by atoms with Gasteiger partial charge in [-0.1, -0.05) is 0 Å². The highest BCUT2D eigenvalue weighted by atomic mass is 19.1. The van der Waals surface area contributed by atoms with Gasteiger partial charge in [-0.05, 0) is 42.3 Å². The van der Waals surface area contributed by atoms with Crippen LogP contribution in [0.4, 0.5) is 15.8 Å². The number of hydrogen-bond acceptors (Lipinski definition) is 4. The van der Waals surface area contributed by atoms with E-state index in [1.165, 1.54) is 17.7 Å². The van der Waals surface area contributed by atoms with Crippen LogP contribution in [0.5, 0.6) is 0 Å². The highest BCUT2D eigenvalue weighted by molar-refractivity contribution is 6.03. The summed E-state index contributed by atoms with van der Waals surface area (Å²) in [5.74, 6) is -0.384. The van der Waals surface area contributed by atoms with Crippen LogP contribution in [0.15, 0.2) is 42.7 Å². The van der Waals surface area contributed by atoms with E-state index in [1.807, 2.05) is 12.1 Å². The Labute approximate surface area is 140 Å². The molecule has 24 heavy (non-hydrogen) atoms. The molecule has 4 rings (SSSR count). The van der Waals surface area contributed by atoms with Crippen molar-refractivity contribution in [3.05, 3.63) is 54.1 Å². The Balaban J connectivity index is 1.46. The van der Waals surface area contributed by atoms with Gasteiger partial charge in [0, 0.05) is 38.6 Å². The topological polar surface area (TPSA) is 48.5 Å². The van der Waals surface area contributed by atoms with Gasteiger partial charge in [-0.15, -0.1) is 0 Å². The number of amides is 1. The molecule has 1 saturated heterocycles. The number of anilines is 2. The number of aromatic nitrogens is 1. The van der Waals surface area contributed by atoms with Gasteiger partial charge in [0.2, 0.25) is 5.91 Å². The lowest BCUT2D eigenvalue weighted by atomic mass is 10.0. The lowest BCUT2D eigenvalue weighted by Gasteiger charge is -2.45. The van der Waals surface area contributed by atoms with E-state index < -0.39 is 0 Å². The molecule has 0 bridgehead atoms. The predicted molar refractivity (Wildman–Crippen MR) is 90.5 cm³/mol. The zero-order valence-corrected chi connectivity index (χ0v) is 13.3. The van der Waals surface area contributed by atoms with Crippen molar-refractivity contribution in [1.29, 1.82) is 0 Å². The van der Waals surface area contributed by atoms with Gasteiger partial charge in [-0.25, -0.2) is 4.39 Å². The van der Waals surface area contributed by atoms with Gasteiger partial charge in [0.25, 0.3) is 0 Å². The molecule has 1 fully saturated rings. The molecule has 0 spiro atoms. The molecule has 6 heteroatoms. The summed E-state index contributed by atoms with van der Waals surface area (Å²) in [6.07, 6.45) is 4.55. The summed E-state index contributed by atoms with van der Waals surface area (Å²) in [4.78, 5) is 20.9. The van der Waals surface area contributed by atoms with E-state index in [0.717, 1.165) is 31.7 Å². The van der Waals surface area contributed by atoms with E-state index in [4.69, 9.17) is 0 Å². The highest BCUT2D eigenvalue weighted by Gasteiger charge is 2.37. The fourth-order valence-electron chi connectivity index (χ4n) is 3.47. The number of pyridine rings is 1. The molecule has 1 aromatic heterocycles. The zero-order valence-electron chi connectivity index (χ0n) is 13.3. The quantitative estimate of drug-likeness (QED) is 0.936. The number of benzene rings is 1. The SMILES string of the molecule is O=C1Nc2cc(F)ccc2N2CCN(CCc3ccncc3)CC12. The van der Waals surface area contributed by atoms with Crippen LogP contribution in [0.3, 0.4) is 0 Å². The van der Waals surface area contributed by atoms with Crippen molar-refractivity contribution in [2.24, 2.45) is 0 Å². The first-order valence-electron chi connectivity index (χ1n) is 8.19. The lowest BCUT2D eigenvalue weighted by Crippen LogP contribution is -2.60. The maximum Gasteiger partial charge on any atom is 0.248 e. The number of fused-ring (bicyclic) bond motifs is 3. The van der Waals surface area contributed by atoms with Gasteiger partial charge in [-0.2, -0.15) is 0 Å². The number of hydrogen-bond donors (Lipinski definition) is 1. The molecule has 2 aliphatic rings. The van der Waals surface area contributed by atoms with E-state index in [9.17, 15) is 9.18 Å². The number of halogens is 1. The summed E-state index contributed by atoms with van der Waals surface area (Å²) >= 11 is 0. The average molecular weight is 326 g/mol. The van der Waals surface area contributed by atoms with Crippen molar-refractivity contribution in [3.63, 3.8) is 0 Å². The van der Waals surface area contributed by atoms with Gasteiger partial charge >= 0.3 is 0 Å². The van der Waals surface area contributed by atoms with Gasteiger partial charge in [-0.3, -0.25) is 14.7 Å². The van der Waals surface area contributed by atoms with Crippen LogP contribution in [0.2, 0.25) is 0 Å². The molecular formula is C18H19FN4O. The molecule has 124 valence electrons. The summed E-state index contributed by atoms with van der Waals surface area (Å²) in [5.41, 5.74) is 2.73. The normalized spacial score (nSPS) is 20.3. The van der Waals surface area contributed by atoms with Crippen molar-refractivity contribution < 1.29 is 9.18 Å². The summed E-state index contributed by atoms with van der Waals surface area (Å²) in [7, 11) is 0. The predicted octanol–water partition coefficient (Wildman–Crippen LogP) is 1.91. The van der Waals surface area contributed by atoms with Crippen molar-refractivity contribution >= 4 is 17.3 Å². The Morgan fingerprint density at radius 1 is 1.21 bits per heavy atom. The Hall–Kier alpha value is -2.47. The van der Waals surface area contributed by atoms with Gasteiger partial charge in [0.1, 0.15) is 11.9 Å². The number of rotatable bonds is 3. The van der Waals surface area contributed by atoms with E-state index in [2.05, 4.69) is 20.1 Å². The van der Waals surface area contributed by atoms with E-state index in [-0.39, 0.29) is 17.8 Å². The molecule has 3 heterocycles. The minimum atomic E-state index is -0.330. The maximum atomic E-state index is 13.4. The third-order valence-electron chi connectivity index (χ3n) is 4.76. The average Bonchev–Trinajstić information content (AvgIpc) is 2.61. The molecule has 2 aliphatic heterocycles. The number of nitrogens with zero attached hydrogens (tertiary/aromatic N) is 3. The van der Waals surface area contributed by atoms with Crippen molar-refractivity contribution in [2.75, 3.05) is 36.4 Å². The monoisotopic (exact) mass is 326 g/mol. The number of nitrogens with one attached hydrogen (secondary N) is 1. The third-order valence-corrected chi connectivity index (χ3v) is 4.76. The highest BCUT2D eigenvalue weighted by Crippen LogP contribution is 2.34. The zero-order chi connectivity index (χ0) is 16.5. The smallest absolute Gasteiger partial charge is 0.248 e. The van der Waals surface area contributed by atoms with Gasteiger partial charge in [0.15, 0.2) is 0 Å². The maximum absolute atomic E-state index is 13.4. The molecule has 0 radical (unpaired) electrons. The Morgan fingerprint density at radius 3 is 2.88 bits per heavy atom. The fourth-order valence-corrected chi connectivity index (χ4v) is 3.47. The Kier molecular flexibility index (Phi) is 3.90. The van der Waals surface area contributed by atoms with Crippen LogP contribution in [-0.4, -0.2) is 48.0 Å². The second-order valence-corrected chi connectivity index (χ2v) is 6.27. The number of carbonyl (C=O) groups is 1. The van der Waals surface area contributed by atoms with Crippen molar-refractivity contribution in [3.8, 4) is 0 Å². The Bertz CT molecular complexity index is 752. The molecule has 2 aromatic rings. The molecule has 1 aromatic carbocycles. The van der Waals surface area contributed by atoms with Gasteiger partial charge < -0.3 is 10.2 Å². The summed E-state index contributed by atoms with van der Waals surface area (Å²) < 4.78 is 13.4. The second-order valence-electron chi connectivity index (χ2n) is 6.27. The van der Waals surface area contributed by atoms with Crippen LogP contribution in [-0.2, 0) is 11.2 Å². The van der Waals surface area contributed by atoms with Crippen LogP contribution < -0.4 is 10.2 Å². The summed E-state index contributed by atoms with van der Waals surface area (Å²) in [6.45, 7) is 3.27. The van der Waals surface area contributed by atoms with Crippen LogP contribution in [0.25, 0.3) is 0 Å². The molecule has 1 amide bonds. The number of carbonyl (C=O) groups excluding carboxylic acids is 1. The molecule has 1 N–H and O–H groups in total. The first-order chi connectivity index (χ1) is 11.7. The summed E-state index contributed by atoms with van der Waals surface area (Å²) in [5, 5.41) is 2.84. The van der Waals surface area contributed by atoms with Crippen LogP contribution in [0.1, 0.15) is 5.56 Å². The van der Waals surface area contributed by atoms with Crippen LogP contribution in [0, 0.1) is 5.82 Å². The molecule has 0 aliphatic carbocycles. The van der Waals surface area contributed by atoms with Gasteiger partial charge in [0.05, 0.1) is 11.4 Å². The third kappa shape index (κ3) is 2.85. The largest absolute Gasteiger partial charge is 0.355 e. The number of piperazine rings is 1.